The third-order valence-electron chi connectivity index (χ3n) is 3.74. The SMILES string of the molecule is CO/C=C(/C(=O)OC)c1cccc(C=N)c1OCc1cnc(C)c(C)n1. The van der Waals surface area contributed by atoms with E-state index in [9.17, 15) is 4.79 Å². The molecule has 1 aromatic heterocycles. The van der Waals surface area contributed by atoms with Gasteiger partial charge in [-0.2, -0.15) is 0 Å². The van der Waals surface area contributed by atoms with Crippen LogP contribution < -0.4 is 4.74 Å². The van der Waals surface area contributed by atoms with Gasteiger partial charge in [-0.3, -0.25) is 9.97 Å². The molecular weight excluding hydrogens is 334 g/mol. The van der Waals surface area contributed by atoms with Crippen LogP contribution in [0.5, 0.6) is 5.75 Å². The topological polar surface area (TPSA) is 94.4 Å². The molecule has 0 amide bonds. The van der Waals surface area contributed by atoms with Gasteiger partial charge in [0.15, 0.2) is 0 Å². The van der Waals surface area contributed by atoms with Crippen molar-refractivity contribution in [2.45, 2.75) is 20.5 Å². The van der Waals surface area contributed by atoms with Gasteiger partial charge in [0, 0.05) is 17.3 Å². The predicted octanol–water partition coefficient (Wildman–Crippen LogP) is 2.83. The second-order valence-electron chi connectivity index (χ2n) is 5.45. The maximum Gasteiger partial charge on any atom is 0.341 e. The lowest BCUT2D eigenvalue weighted by Crippen LogP contribution is -2.09. The highest BCUT2D eigenvalue weighted by Crippen LogP contribution is 2.30. The number of aryl methyl sites for hydroxylation is 2. The van der Waals surface area contributed by atoms with Crippen LogP contribution in [0.25, 0.3) is 5.57 Å². The molecule has 0 unspecified atom stereocenters. The van der Waals surface area contributed by atoms with E-state index in [0.29, 0.717) is 22.6 Å². The van der Waals surface area contributed by atoms with Crippen LogP contribution in [0.4, 0.5) is 0 Å². The van der Waals surface area contributed by atoms with Crippen LogP contribution in [0.3, 0.4) is 0 Å². The number of rotatable bonds is 7. The number of benzene rings is 1. The molecule has 0 aliphatic heterocycles. The Morgan fingerprint density at radius 3 is 2.62 bits per heavy atom. The Bertz CT molecular complexity index is 847. The number of carbonyl (C=O) groups excluding carboxylic acids is 1. The molecule has 0 bridgehead atoms. The molecule has 1 heterocycles. The van der Waals surface area contributed by atoms with E-state index >= 15 is 0 Å². The van der Waals surface area contributed by atoms with Crippen LogP contribution in [0.2, 0.25) is 0 Å². The van der Waals surface area contributed by atoms with Gasteiger partial charge in [-0.1, -0.05) is 12.1 Å². The molecule has 0 saturated carbocycles. The molecule has 2 rings (SSSR count). The number of hydrogen-bond donors (Lipinski definition) is 1. The molecule has 136 valence electrons. The average molecular weight is 355 g/mol. The summed E-state index contributed by atoms with van der Waals surface area (Å²) in [5.41, 5.74) is 3.50. The summed E-state index contributed by atoms with van der Waals surface area (Å²) in [6.07, 6.45) is 4.09. The van der Waals surface area contributed by atoms with Crippen molar-refractivity contribution >= 4 is 17.8 Å². The molecule has 7 nitrogen and oxygen atoms in total. The first kappa shape index (κ1) is 19.1. The minimum atomic E-state index is -0.565. The molecule has 0 aliphatic carbocycles. The summed E-state index contributed by atoms with van der Waals surface area (Å²) >= 11 is 0. The number of methoxy groups -OCH3 is 2. The lowest BCUT2D eigenvalue weighted by Gasteiger charge is -2.15. The highest BCUT2D eigenvalue weighted by molar-refractivity contribution is 6.17. The Labute approximate surface area is 152 Å². The van der Waals surface area contributed by atoms with Crippen molar-refractivity contribution < 1.29 is 19.0 Å². The third-order valence-corrected chi connectivity index (χ3v) is 3.74. The number of nitrogens with zero attached hydrogens (tertiary/aromatic N) is 2. The van der Waals surface area contributed by atoms with Crippen molar-refractivity contribution in [3.8, 4) is 5.75 Å². The van der Waals surface area contributed by atoms with Crippen LogP contribution in [0.1, 0.15) is 28.2 Å². The predicted molar refractivity (Wildman–Crippen MR) is 97.2 cm³/mol. The summed E-state index contributed by atoms with van der Waals surface area (Å²) in [7, 11) is 2.73. The van der Waals surface area contributed by atoms with Crippen LogP contribution in [-0.2, 0) is 20.9 Å². The minimum absolute atomic E-state index is 0.146. The molecule has 26 heavy (non-hydrogen) atoms. The van der Waals surface area contributed by atoms with Gasteiger partial charge in [-0.15, -0.1) is 0 Å². The lowest BCUT2D eigenvalue weighted by molar-refractivity contribution is -0.133. The fourth-order valence-electron chi connectivity index (χ4n) is 2.30. The Hall–Kier alpha value is -3.22. The van der Waals surface area contributed by atoms with Crippen LogP contribution in [0, 0.1) is 19.3 Å². The van der Waals surface area contributed by atoms with Crippen molar-refractivity contribution in [3.05, 3.63) is 58.9 Å². The minimum Gasteiger partial charge on any atom is -0.503 e. The maximum absolute atomic E-state index is 12.1. The molecule has 7 heteroatoms. The van der Waals surface area contributed by atoms with E-state index in [1.807, 2.05) is 13.8 Å². The Morgan fingerprint density at radius 1 is 1.23 bits per heavy atom. The molecule has 0 fully saturated rings. The number of nitrogens with one attached hydrogen (secondary N) is 1. The zero-order valence-electron chi connectivity index (χ0n) is 15.2. The van der Waals surface area contributed by atoms with Crippen molar-refractivity contribution in [3.63, 3.8) is 0 Å². The van der Waals surface area contributed by atoms with Gasteiger partial charge >= 0.3 is 5.97 Å². The van der Waals surface area contributed by atoms with Gasteiger partial charge < -0.3 is 19.6 Å². The van der Waals surface area contributed by atoms with E-state index in [-0.39, 0.29) is 12.2 Å². The second kappa shape index (κ2) is 8.75. The molecule has 0 aliphatic rings. The summed E-state index contributed by atoms with van der Waals surface area (Å²) in [6, 6.07) is 5.15. The Kier molecular flexibility index (Phi) is 6.43. The highest BCUT2D eigenvalue weighted by Gasteiger charge is 2.20. The van der Waals surface area contributed by atoms with E-state index in [0.717, 1.165) is 17.6 Å². The van der Waals surface area contributed by atoms with Gasteiger partial charge in [0.25, 0.3) is 0 Å². The number of esters is 1. The molecule has 1 N–H and O–H groups in total. The average Bonchev–Trinajstić information content (AvgIpc) is 2.66. The molecule has 0 spiro atoms. The quantitative estimate of drug-likeness (QED) is 0.355. The monoisotopic (exact) mass is 355 g/mol. The maximum atomic E-state index is 12.1. The first-order chi connectivity index (χ1) is 12.5. The first-order valence-corrected chi connectivity index (χ1v) is 7.88. The smallest absolute Gasteiger partial charge is 0.341 e. The van der Waals surface area contributed by atoms with Crippen LogP contribution in [-0.4, -0.2) is 36.4 Å². The van der Waals surface area contributed by atoms with Crippen molar-refractivity contribution in [2.75, 3.05) is 14.2 Å². The number of hydrogen-bond acceptors (Lipinski definition) is 7. The summed E-state index contributed by atoms with van der Waals surface area (Å²) < 4.78 is 15.7. The summed E-state index contributed by atoms with van der Waals surface area (Å²) in [4.78, 5) is 20.8. The molecule has 2 aromatic rings. The molecule has 0 radical (unpaired) electrons. The number of carbonyl (C=O) groups is 1. The van der Waals surface area contributed by atoms with Gasteiger partial charge in [0.2, 0.25) is 0 Å². The van der Waals surface area contributed by atoms with Gasteiger partial charge in [-0.25, -0.2) is 4.79 Å². The number of para-hydroxylation sites is 1. The zero-order valence-corrected chi connectivity index (χ0v) is 15.2. The molecular formula is C19H21N3O4. The largest absolute Gasteiger partial charge is 0.503 e. The van der Waals surface area contributed by atoms with E-state index in [4.69, 9.17) is 19.6 Å². The number of ether oxygens (including phenoxy) is 3. The van der Waals surface area contributed by atoms with E-state index in [1.165, 1.54) is 20.5 Å². The van der Waals surface area contributed by atoms with E-state index in [2.05, 4.69) is 9.97 Å². The fourth-order valence-corrected chi connectivity index (χ4v) is 2.30. The Balaban J connectivity index is 2.42. The van der Waals surface area contributed by atoms with E-state index in [1.54, 1.807) is 24.4 Å². The van der Waals surface area contributed by atoms with Crippen LogP contribution in [0.15, 0.2) is 30.7 Å². The second-order valence-corrected chi connectivity index (χ2v) is 5.45. The highest BCUT2D eigenvalue weighted by atomic mass is 16.5. The fraction of sp³-hybridized carbons (Fsp3) is 0.263. The summed E-state index contributed by atoms with van der Waals surface area (Å²) in [5.74, 6) is -0.193. The van der Waals surface area contributed by atoms with Crippen molar-refractivity contribution in [1.82, 2.24) is 9.97 Å². The van der Waals surface area contributed by atoms with Crippen molar-refractivity contribution in [1.29, 1.82) is 5.41 Å². The van der Waals surface area contributed by atoms with Crippen LogP contribution >= 0.6 is 0 Å². The lowest BCUT2D eigenvalue weighted by atomic mass is 10.0. The van der Waals surface area contributed by atoms with Crippen molar-refractivity contribution in [2.24, 2.45) is 0 Å². The zero-order chi connectivity index (χ0) is 19.1. The number of aromatic nitrogens is 2. The third kappa shape index (κ3) is 4.24. The molecule has 0 saturated heterocycles. The van der Waals surface area contributed by atoms with Gasteiger partial charge in [0.1, 0.15) is 17.9 Å². The normalized spacial score (nSPS) is 11.0. The first-order valence-electron chi connectivity index (χ1n) is 7.88. The molecule has 1 aromatic carbocycles. The molecule has 0 atom stereocenters. The standard InChI is InChI=1S/C19H21N3O4/c1-12-13(2)22-15(9-21-12)10-26-18-14(8-20)6-5-7-16(18)17(11-24-3)19(23)25-4/h5-9,11,20H,10H2,1-4H3/b17-11+,20-8?. The van der Waals surface area contributed by atoms with E-state index < -0.39 is 5.97 Å². The van der Waals surface area contributed by atoms with Gasteiger partial charge in [-0.05, 0) is 19.9 Å². The van der Waals surface area contributed by atoms with Gasteiger partial charge in [0.05, 0.1) is 43.8 Å². The Morgan fingerprint density at radius 2 is 2.00 bits per heavy atom. The summed E-state index contributed by atoms with van der Waals surface area (Å²) in [6.45, 7) is 3.90. The summed E-state index contributed by atoms with van der Waals surface area (Å²) in [5, 5.41) is 7.62.